The molecule has 6 nitrogen and oxygen atoms in total. The summed E-state index contributed by atoms with van der Waals surface area (Å²) < 4.78 is 12.8. The average Bonchev–Trinajstić information content (AvgIpc) is 2.91. The van der Waals surface area contributed by atoms with Crippen LogP contribution in [0.15, 0.2) is 30.3 Å². The molecule has 1 N–H and O–H groups in total. The van der Waals surface area contributed by atoms with Crippen LogP contribution in [0.25, 0.3) is 0 Å². The number of ether oxygens (including phenoxy) is 2. The third-order valence-electron chi connectivity index (χ3n) is 3.88. The molecular weight excluding hydrogens is 294 g/mol. The van der Waals surface area contributed by atoms with Gasteiger partial charge in [0.25, 0.3) is 5.91 Å². The zero-order chi connectivity index (χ0) is 16.1. The van der Waals surface area contributed by atoms with E-state index in [1.54, 1.807) is 0 Å². The highest BCUT2D eigenvalue weighted by atomic mass is 16.5. The van der Waals surface area contributed by atoms with Gasteiger partial charge < -0.3 is 14.8 Å². The number of aromatic nitrogens is 2. The molecule has 2 aromatic rings. The fourth-order valence-corrected chi connectivity index (χ4v) is 2.72. The van der Waals surface area contributed by atoms with Crippen LogP contribution in [0.2, 0.25) is 0 Å². The number of hydrogen-bond acceptors (Lipinski definition) is 4. The first-order chi connectivity index (χ1) is 11.2. The van der Waals surface area contributed by atoms with E-state index >= 15 is 0 Å². The number of carbonyl (C=O) groups excluding carboxylic acids is 1. The highest BCUT2D eigenvalue weighted by Crippen LogP contribution is 2.20. The lowest BCUT2D eigenvalue weighted by atomic mass is 10.1. The van der Waals surface area contributed by atoms with E-state index in [2.05, 4.69) is 10.4 Å². The maximum Gasteiger partial charge on any atom is 0.257 e. The first-order valence-electron chi connectivity index (χ1n) is 7.80. The van der Waals surface area contributed by atoms with Crippen LogP contribution in [0.5, 0.6) is 5.75 Å². The zero-order valence-corrected chi connectivity index (χ0v) is 13.2. The second-order valence-corrected chi connectivity index (χ2v) is 5.50. The molecule has 1 aromatic carbocycles. The molecule has 0 bridgehead atoms. The van der Waals surface area contributed by atoms with Crippen molar-refractivity contribution in [1.82, 2.24) is 15.1 Å². The van der Waals surface area contributed by atoms with Gasteiger partial charge in [0, 0.05) is 37.7 Å². The molecule has 3 rings (SSSR count). The molecule has 0 fully saturated rings. The van der Waals surface area contributed by atoms with Gasteiger partial charge in [-0.05, 0) is 12.1 Å². The van der Waals surface area contributed by atoms with Crippen molar-refractivity contribution in [3.05, 3.63) is 47.3 Å². The first-order valence-corrected chi connectivity index (χ1v) is 7.80. The number of nitrogens with zero attached hydrogens (tertiary/aromatic N) is 2. The van der Waals surface area contributed by atoms with E-state index in [4.69, 9.17) is 9.47 Å². The number of para-hydroxylation sites is 1. The van der Waals surface area contributed by atoms with E-state index in [0.717, 1.165) is 18.7 Å². The molecule has 122 valence electrons. The molecule has 0 atom stereocenters. The van der Waals surface area contributed by atoms with Gasteiger partial charge in [0.2, 0.25) is 0 Å². The molecule has 0 aliphatic carbocycles. The largest absolute Gasteiger partial charge is 0.484 e. The Balaban J connectivity index is 1.45. The molecular formula is C17H21N3O3. The minimum absolute atomic E-state index is 0.0213. The number of carbonyl (C=O) groups is 1. The van der Waals surface area contributed by atoms with Crippen molar-refractivity contribution >= 4 is 5.91 Å². The van der Waals surface area contributed by atoms with Crippen molar-refractivity contribution in [3.8, 4) is 5.75 Å². The lowest BCUT2D eigenvalue weighted by Gasteiger charge is -2.13. The van der Waals surface area contributed by atoms with Crippen molar-refractivity contribution < 1.29 is 14.3 Å². The van der Waals surface area contributed by atoms with Crippen molar-refractivity contribution in [1.29, 1.82) is 0 Å². The van der Waals surface area contributed by atoms with Gasteiger partial charge >= 0.3 is 0 Å². The summed E-state index contributed by atoms with van der Waals surface area (Å²) in [6.45, 7) is 1.93. The predicted molar refractivity (Wildman–Crippen MR) is 85.2 cm³/mol. The molecule has 0 radical (unpaired) electrons. The molecule has 0 unspecified atom stereocenters. The van der Waals surface area contributed by atoms with Crippen LogP contribution >= 0.6 is 0 Å². The molecule has 0 saturated heterocycles. The van der Waals surface area contributed by atoms with E-state index in [-0.39, 0.29) is 12.5 Å². The fraction of sp³-hybridized carbons (Fsp3) is 0.412. The Morgan fingerprint density at radius 3 is 3.04 bits per heavy atom. The summed E-state index contributed by atoms with van der Waals surface area (Å²) in [5.41, 5.74) is 3.42. The van der Waals surface area contributed by atoms with E-state index < -0.39 is 0 Å². The van der Waals surface area contributed by atoms with Gasteiger partial charge in [-0.2, -0.15) is 5.10 Å². The number of fused-ring (bicyclic) bond motifs is 1. The summed E-state index contributed by atoms with van der Waals surface area (Å²) in [6, 6.07) is 9.31. The highest BCUT2D eigenvalue weighted by molar-refractivity contribution is 5.77. The molecule has 6 heteroatoms. The summed E-state index contributed by atoms with van der Waals surface area (Å²) in [5, 5.41) is 7.40. The van der Waals surface area contributed by atoms with Gasteiger partial charge in [-0.15, -0.1) is 0 Å². The van der Waals surface area contributed by atoms with Gasteiger partial charge in [0.1, 0.15) is 5.75 Å². The van der Waals surface area contributed by atoms with Gasteiger partial charge in [-0.1, -0.05) is 18.2 Å². The molecule has 1 aromatic heterocycles. The van der Waals surface area contributed by atoms with Crippen LogP contribution < -0.4 is 10.1 Å². The lowest BCUT2D eigenvalue weighted by molar-refractivity contribution is -0.123. The highest BCUT2D eigenvalue weighted by Gasteiger charge is 2.19. The first kappa shape index (κ1) is 15.6. The van der Waals surface area contributed by atoms with Crippen LogP contribution in [-0.4, -0.2) is 35.4 Å². The third-order valence-corrected chi connectivity index (χ3v) is 3.88. The monoisotopic (exact) mass is 315 g/mol. The van der Waals surface area contributed by atoms with E-state index in [9.17, 15) is 4.79 Å². The Hall–Kier alpha value is -2.34. The smallest absolute Gasteiger partial charge is 0.257 e. The standard InChI is InChI=1S/C17H21N3O3/c1-20-16-8-10-22-11-14(16)15(19-20)7-9-18-17(21)12-23-13-5-3-2-4-6-13/h2-6H,7-12H2,1H3,(H,18,21). The van der Waals surface area contributed by atoms with E-state index in [0.29, 0.717) is 25.3 Å². The Kier molecular flexibility index (Phi) is 4.92. The maximum absolute atomic E-state index is 11.8. The minimum Gasteiger partial charge on any atom is -0.484 e. The second kappa shape index (κ2) is 7.28. The van der Waals surface area contributed by atoms with E-state index in [1.807, 2.05) is 42.1 Å². The van der Waals surface area contributed by atoms with Crippen molar-refractivity contribution in [3.63, 3.8) is 0 Å². The van der Waals surface area contributed by atoms with Crippen LogP contribution in [0, 0.1) is 0 Å². The molecule has 2 heterocycles. The molecule has 1 aliphatic rings. The van der Waals surface area contributed by atoms with Crippen molar-refractivity contribution in [2.75, 3.05) is 19.8 Å². The van der Waals surface area contributed by atoms with Gasteiger partial charge in [-0.3, -0.25) is 9.48 Å². The number of aryl methyl sites for hydroxylation is 1. The topological polar surface area (TPSA) is 65.4 Å². The number of hydrogen-bond donors (Lipinski definition) is 1. The molecule has 0 saturated carbocycles. The summed E-state index contributed by atoms with van der Waals surface area (Å²) in [4.78, 5) is 11.8. The normalized spacial score (nSPS) is 13.4. The van der Waals surface area contributed by atoms with Crippen LogP contribution in [-0.2, 0) is 36.0 Å². The number of benzene rings is 1. The zero-order valence-electron chi connectivity index (χ0n) is 13.2. The third kappa shape index (κ3) is 3.90. The average molecular weight is 315 g/mol. The van der Waals surface area contributed by atoms with Crippen LogP contribution in [0.1, 0.15) is 17.0 Å². The van der Waals surface area contributed by atoms with Crippen LogP contribution in [0.3, 0.4) is 0 Å². The molecule has 1 amide bonds. The Labute approximate surface area is 135 Å². The minimum atomic E-state index is -0.130. The molecule has 0 spiro atoms. The Morgan fingerprint density at radius 2 is 2.22 bits per heavy atom. The number of nitrogens with one attached hydrogen (secondary N) is 1. The SMILES string of the molecule is Cn1nc(CCNC(=O)COc2ccccc2)c2c1CCOC2. The second-order valence-electron chi connectivity index (χ2n) is 5.50. The summed E-state index contributed by atoms with van der Waals surface area (Å²) in [5.74, 6) is 0.563. The summed E-state index contributed by atoms with van der Waals surface area (Å²) in [7, 11) is 1.96. The Morgan fingerprint density at radius 1 is 1.39 bits per heavy atom. The van der Waals surface area contributed by atoms with Gasteiger partial charge in [0.05, 0.1) is 18.9 Å². The van der Waals surface area contributed by atoms with Gasteiger partial charge in [0.15, 0.2) is 6.61 Å². The predicted octanol–water partition coefficient (Wildman–Crippen LogP) is 1.23. The molecule has 23 heavy (non-hydrogen) atoms. The van der Waals surface area contributed by atoms with Crippen molar-refractivity contribution in [2.45, 2.75) is 19.4 Å². The number of rotatable bonds is 6. The quantitative estimate of drug-likeness (QED) is 0.871. The van der Waals surface area contributed by atoms with Crippen molar-refractivity contribution in [2.24, 2.45) is 7.05 Å². The van der Waals surface area contributed by atoms with Crippen LogP contribution in [0.4, 0.5) is 0 Å². The van der Waals surface area contributed by atoms with E-state index in [1.165, 1.54) is 11.3 Å². The van der Waals surface area contributed by atoms with Gasteiger partial charge in [-0.25, -0.2) is 0 Å². The maximum atomic E-state index is 11.8. The summed E-state index contributed by atoms with van der Waals surface area (Å²) in [6.07, 6.45) is 1.60. The fourth-order valence-electron chi connectivity index (χ4n) is 2.72. The lowest BCUT2D eigenvalue weighted by Crippen LogP contribution is -2.30. The molecule has 1 aliphatic heterocycles. The Bertz CT molecular complexity index is 667. The number of amides is 1. The summed E-state index contributed by atoms with van der Waals surface area (Å²) >= 11 is 0.